The van der Waals surface area contributed by atoms with Crippen LogP contribution in [-0.4, -0.2) is 24.1 Å². The molecule has 0 radical (unpaired) electrons. The third-order valence-electron chi connectivity index (χ3n) is 3.51. The maximum atomic E-state index is 12.8. The number of pyridine rings is 2. The Labute approximate surface area is 132 Å². The average Bonchev–Trinajstić information content (AvgIpc) is 2.53. The Bertz CT molecular complexity index is 675. The first-order valence-corrected chi connectivity index (χ1v) is 8.94. The molecule has 0 fully saturated rings. The van der Waals surface area contributed by atoms with Crippen LogP contribution < -0.4 is 4.31 Å². The van der Waals surface area contributed by atoms with E-state index >= 15 is 0 Å². The predicted octanol–water partition coefficient (Wildman–Crippen LogP) is 2.86. The number of sulfonamides is 1. The first kappa shape index (κ1) is 16.4. The molecule has 2 rings (SSSR count). The van der Waals surface area contributed by atoms with E-state index in [4.69, 9.17) is 0 Å². The molecule has 0 saturated carbocycles. The topological polar surface area (TPSA) is 63.2 Å². The smallest absolute Gasteiger partial charge is 0.235 e. The van der Waals surface area contributed by atoms with Crippen LogP contribution in [0.4, 0.5) is 5.69 Å². The standard InChI is InChI=1S/C16H21N3O2S/c1-3-14(2)13-22(20,21)19(16-7-10-17-11-8-16)12-15-6-4-5-9-18-15/h4-11,14H,3,12-13H2,1-2H3/t14-/m1/s1. The predicted molar refractivity (Wildman–Crippen MR) is 87.9 cm³/mol. The maximum absolute atomic E-state index is 12.8. The van der Waals surface area contributed by atoms with Crippen molar-refractivity contribution in [1.82, 2.24) is 9.97 Å². The van der Waals surface area contributed by atoms with Crippen molar-refractivity contribution in [3.8, 4) is 0 Å². The summed E-state index contributed by atoms with van der Waals surface area (Å²) >= 11 is 0. The highest BCUT2D eigenvalue weighted by molar-refractivity contribution is 7.92. The van der Waals surface area contributed by atoms with Gasteiger partial charge in [0.2, 0.25) is 10.0 Å². The van der Waals surface area contributed by atoms with Gasteiger partial charge in [0.25, 0.3) is 0 Å². The van der Waals surface area contributed by atoms with Gasteiger partial charge < -0.3 is 0 Å². The first-order valence-electron chi connectivity index (χ1n) is 7.33. The zero-order valence-electron chi connectivity index (χ0n) is 12.9. The molecule has 0 unspecified atom stereocenters. The fraction of sp³-hybridized carbons (Fsp3) is 0.375. The van der Waals surface area contributed by atoms with Crippen molar-refractivity contribution in [1.29, 1.82) is 0 Å². The van der Waals surface area contributed by atoms with Crippen LogP contribution in [0.1, 0.15) is 26.0 Å². The quantitative estimate of drug-likeness (QED) is 0.787. The number of hydrogen-bond acceptors (Lipinski definition) is 4. The molecular weight excluding hydrogens is 298 g/mol. The van der Waals surface area contributed by atoms with E-state index < -0.39 is 10.0 Å². The van der Waals surface area contributed by atoms with E-state index in [2.05, 4.69) is 9.97 Å². The lowest BCUT2D eigenvalue weighted by Gasteiger charge is -2.25. The summed E-state index contributed by atoms with van der Waals surface area (Å²) in [6, 6.07) is 8.91. The van der Waals surface area contributed by atoms with Crippen molar-refractivity contribution in [3.63, 3.8) is 0 Å². The normalized spacial score (nSPS) is 12.8. The zero-order valence-corrected chi connectivity index (χ0v) is 13.7. The van der Waals surface area contributed by atoms with Gasteiger partial charge in [-0.1, -0.05) is 26.3 Å². The largest absolute Gasteiger partial charge is 0.265 e. The van der Waals surface area contributed by atoms with Gasteiger partial charge in [-0.05, 0) is 30.2 Å². The highest BCUT2D eigenvalue weighted by Gasteiger charge is 2.25. The lowest BCUT2D eigenvalue weighted by Crippen LogP contribution is -2.34. The molecule has 0 aliphatic heterocycles. The molecule has 0 aliphatic rings. The molecule has 118 valence electrons. The van der Waals surface area contributed by atoms with E-state index in [1.807, 2.05) is 32.0 Å². The number of aromatic nitrogens is 2. The van der Waals surface area contributed by atoms with Gasteiger partial charge in [-0.3, -0.25) is 14.3 Å². The fourth-order valence-electron chi connectivity index (χ4n) is 2.07. The van der Waals surface area contributed by atoms with Crippen molar-refractivity contribution < 1.29 is 8.42 Å². The molecule has 0 N–H and O–H groups in total. The number of hydrogen-bond donors (Lipinski definition) is 0. The third kappa shape index (κ3) is 4.27. The van der Waals surface area contributed by atoms with E-state index in [9.17, 15) is 8.42 Å². The van der Waals surface area contributed by atoms with Crippen LogP contribution in [0.2, 0.25) is 0 Å². The van der Waals surface area contributed by atoms with Crippen LogP contribution in [-0.2, 0) is 16.6 Å². The molecule has 6 heteroatoms. The number of anilines is 1. The maximum Gasteiger partial charge on any atom is 0.235 e. The molecule has 0 aromatic carbocycles. The van der Waals surface area contributed by atoms with Crippen molar-refractivity contribution >= 4 is 15.7 Å². The Hall–Kier alpha value is -1.95. The minimum absolute atomic E-state index is 0.109. The Morgan fingerprint density at radius 3 is 2.45 bits per heavy atom. The van der Waals surface area contributed by atoms with Crippen LogP contribution in [0, 0.1) is 5.92 Å². The molecule has 0 aliphatic carbocycles. The van der Waals surface area contributed by atoms with Gasteiger partial charge in [-0.2, -0.15) is 0 Å². The molecule has 0 amide bonds. The first-order chi connectivity index (χ1) is 10.5. The van der Waals surface area contributed by atoms with E-state index in [1.165, 1.54) is 4.31 Å². The molecule has 5 nitrogen and oxygen atoms in total. The zero-order chi connectivity index (χ0) is 16.0. The fourth-order valence-corrected chi connectivity index (χ4v) is 3.97. The summed E-state index contributed by atoms with van der Waals surface area (Å²) in [4.78, 5) is 8.19. The minimum Gasteiger partial charge on any atom is -0.265 e. The summed E-state index contributed by atoms with van der Waals surface area (Å²) in [5.41, 5.74) is 1.33. The second kappa shape index (κ2) is 7.35. The van der Waals surface area contributed by atoms with E-state index in [0.717, 1.165) is 6.42 Å². The van der Waals surface area contributed by atoms with Gasteiger partial charge in [0.05, 0.1) is 23.7 Å². The summed E-state index contributed by atoms with van der Waals surface area (Å²) in [6.07, 6.45) is 5.69. The Morgan fingerprint density at radius 1 is 1.14 bits per heavy atom. The highest BCUT2D eigenvalue weighted by atomic mass is 32.2. The molecule has 2 aromatic rings. The van der Waals surface area contributed by atoms with Gasteiger partial charge in [0.15, 0.2) is 0 Å². The van der Waals surface area contributed by atoms with E-state index in [0.29, 0.717) is 11.4 Å². The van der Waals surface area contributed by atoms with Crippen molar-refractivity contribution in [2.75, 3.05) is 10.1 Å². The van der Waals surface area contributed by atoms with Crippen LogP contribution in [0.3, 0.4) is 0 Å². The SMILES string of the molecule is CC[C@@H](C)CS(=O)(=O)N(Cc1ccccn1)c1ccncc1. The highest BCUT2D eigenvalue weighted by Crippen LogP contribution is 2.21. The van der Waals surface area contributed by atoms with Gasteiger partial charge in [0.1, 0.15) is 0 Å². The van der Waals surface area contributed by atoms with Gasteiger partial charge >= 0.3 is 0 Å². The van der Waals surface area contributed by atoms with Gasteiger partial charge in [0, 0.05) is 18.6 Å². The molecule has 0 saturated heterocycles. The van der Waals surface area contributed by atoms with Crippen LogP contribution in [0.25, 0.3) is 0 Å². The molecule has 2 aromatic heterocycles. The average molecular weight is 319 g/mol. The van der Waals surface area contributed by atoms with Gasteiger partial charge in [-0.25, -0.2) is 8.42 Å². The molecule has 0 bridgehead atoms. The number of rotatable bonds is 7. The van der Waals surface area contributed by atoms with Crippen molar-refractivity contribution in [2.45, 2.75) is 26.8 Å². The Balaban J connectivity index is 2.34. The lowest BCUT2D eigenvalue weighted by molar-refractivity contribution is 0.559. The molecule has 2 heterocycles. The lowest BCUT2D eigenvalue weighted by atomic mass is 10.2. The Morgan fingerprint density at radius 2 is 1.86 bits per heavy atom. The molecular formula is C16H21N3O2S. The van der Waals surface area contributed by atoms with Crippen LogP contribution in [0.15, 0.2) is 48.9 Å². The Kier molecular flexibility index (Phi) is 5.49. The minimum atomic E-state index is -3.42. The van der Waals surface area contributed by atoms with Crippen molar-refractivity contribution in [2.24, 2.45) is 5.92 Å². The molecule has 0 spiro atoms. The van der Waals surface area contributed by atoms with Crippen molar-refractivity contribution in [3.05, 3.63) is 54.6 Å². The van der Waals surface area contributed by atoms with Crippen LogP contribution in [0.5, 0.6) is 0 Å². The molecule has 1 atom stereocenters. The van der Waals surface area contributed by atoms with E-state index in [1.54, 1.807) is 30.7 Å². The summed E-state index contributed by atoms with van der Waals surface area (Å²) in [5, 5.41) is 0. The second-order valence-electron chi connectivity index (χ2n) is 5.33. The monoisotopic (exact) mass is 319 g/mol. The summed E-state index contributed by atoms with van der Waals surface area (Å²) < 4.78 is 27.0. The summed E-state index contributed by atoms with van der Waals surface area (Å²) in [7, 11) is -3.42. The van der Waals surface area contributed by atoms with Crippen LogP contribution >= 0.6 is 0 Å². The third-order valence-corrected chi connectivity index (χ3v) is 5.51. The number of nitrogens with zero attached hydrogens (tertiary/aromatic N) is 3. The summed E-state index contributed by atoms with van der Waals surface area (Å²) in [6.45, 7) is 4.17. The molecule has 22 heavy (non-hydrogen) atoms. The van der Waals surface area contributed by atoms with Gasteiger partial charge in [-0.15, -0.1) is 0 Å². The second-order valence-corrected chi connectivity index (χ2v) is 7.26. The summed E-state index contributed by atoms with van der Waals surface area (Å²) in [5.74, 6) is 0.233. The van der Waals surface area contributed by atoms with E-state index in [-0.39, 0.29) is 18.2 Å².